The number of hydrogen-bond donors (Lipinski definition) is 2. The molecule has 2 aromatic heterocycles. The van der Waals surface area contributed by atoms with Crippen molar-refractivity contribution >= 4 is 45.1 Å². The number of carbonyl (C=O) groups is 3. The lowest BCUT2D eigenvalue weighted by molar-refractivity contribution is -0.145. The number of rotatable bonds is 6. The van der Waals surface area contributed by atoms with E-state index in [1.54, 1.807) is 23.1 Å². The van der Waals surface area contributed by atoms with Gasteiger partial charge in [-0.1, -0.05) is 0 Å². The second-order valence-corrected chi connectivity index (χ2v) is 9.58. The molecule has 9 nitrogen and oxygen atoms in total. The van der Waals surface area contributed by atoms with Crippen molar-refractivity contribution in [3.8, 4) is 11.5 Å². The van der Waals surface area contributed by atoms with Crippen LogP contribution < -0.4 is 15.4 Å². The summed E-state index contributed by atoms with van der Waals surface area (Å²) in [4.78, 5) is 42.5. The van der Waals surface area contributed by atoms with Crippen LogP contribution in [0.3, 0.4) is 0 Å². The summed E-state index contributed by atoms with van der Waals surface area (Å²) in [6.07, 6.45) is 3.73. The molecular weight excluding hydrogens is 475 g/mol. The molecule has 0 bridgehead atoms. The topological polar surface area (TPSA) is 110 Å². The summed E-state index contributed by atoms with van der Waals surface area (Å²) in [5.74, 6) is -0.838. The maximum atomic E-state index is 14.7. The zero-order chi connectivity index (χ0) is 24.5. The second-order valence-electron chi connectivity index (χ2n) is 8.53. The van der Waals surface area contributed by atoms with Crippen molar-refractivity contribution in [3.63, 3.8) is 0 Å². The number of hydrogen-bond acceptors (Lipinski definition) is 7. The number of anilines is 1. The minimum absolute atomic E-state index is 0.0179. The highest BCUT2D eigenvalue weighted by molar-refractivity contribution is 7.21. The number of benzene rings is 1. The van der Waals surface area contributed by atoms with Gasteiger partial charge in [-0.05, 0) is 31.0 Å². The molecule has 0 unspecified atom stereocenters. The number of nitrogens with one attached hydrogen (secondary N) is 2. The number of nitrogens with zero attached hydrogens (tertiary/aromatic N) is 2. The molecule has 1 aliphatic carbocycles. The van der Waals surface area contributed by atoms with E-state index in [0.29, 0.717) is 46.0 Å². The largest absolute Gasteiger partial charge is 0.461 e. The first-order valence-electron chi connectivity index (χ1n) is 11.3. The molecular formula is C24H23FN4O5S. The maximum absolute atomic E-state index is 14.7. The normalized spacial score (nSPS) is 17.3. The molecule has 0 radical (unpaired) electrons. The van der Waals surface area contributed by atoms with Crippen LogP contribution in [-0.4, -0.2) is 53.0 Å². The monoisotopic (exact) mass is 498 g/mol. The third-order valence-corrected chi connectivity index (χ3v) is 6.80. The average molecular weight is 499 g/mol. The molecule has 182 valence electrons. The summed E-state index contributed by atoms with van der Waals surface area (Å²) in [7, 11) is 0. The summed E-state index contributed by atoms with van der Waals surface area (Å²) in [6.45, 7) is 2.18. The SMILES string of the molecule is CC(=O)O[C@@H]1CCN(C(=O)c2cc3nccc(Oc4ccc(NC(=O)NC5CC5)cc4F)c3s2)C1. The van der Waals surface area contributed by atoms with Crippen LogP contribution in [0.2, 0.25) is 0 Å². The van der Waals surface area contributed by atoms with Gasteiger partial charge < -0.3 is 25.0 Å². The molecule has 0 spiro atoms. The van der Waals surface area contributed by atoms with Gasteiger partial charge in [-0.15, -0.1) is 11.3 Å². The van der Waals surface area contributed by atoms with Gasteiger partial charge in [0.15, 0.2) is 11.6 Å². The Hall–Kier alpha value is -3.73. The van der Waals surface area contributed by atoms with Crippen LogP contribution in [0.15, 0.2) is 36.5 Å². The first-order valence-corrected chi connectivity index (χ1v) is 12.1. The fourth-order valence-electron chi connectivity index (χ4n) is 3.86. The molecule has 2 aliphatic rings. The number of ether oxygens (including phenoxy) is 2. The van der Waals surface area contributed by atoms with Gasteiger partial charge in [-0.25, -0.2) is 9.18 Å². The van der Waals surface area contributed by atoms with Crippen molar-refractivity contribution in [2.45, 2.75) is 38.3 Å². The Morgan fingerprint density at radius 2 is 1.97 bits per heavy atom. The number of esters is 1. The second kappa shape index (κ2) is 9.49. The number of aromatic nitrogens is 1. The first-order chi connectivity index (χ1) is 16.9. The average Bonchev–Trinajstić information content (AvgIpc) is 3.31. The molecule has 5 rings (SSSR count). The van der Waals surface area contributed by atoms with Crippen LogP contribution in [-0.2, 0) is 9.53 Å². The molecule has 35 heavy (non-hydrogen) atoms. The Kier molecular flexibility index (Phi) is 6.25. The zero-order valence-corrected chi connectivity index (χ0v) is 19.7. The lowest BCUT2D eigenvalue weighted by Crippen LogP contribution is -2.30. The fraction of sp³-hybridized carbons (Fsp3) is 0.333. The summed E-state index contributed by atoms with van der Waals surface area (Å²) < 4.78 is 26.4. The summed E-state index contributed by atoms with van der Waals surface area (Å²) >= 11 is 1.21. The number of carbonyl (C=O) groups excluding carboxylic acids is 3. The van der Waals surface area contributed by atoms with Crippen molar-refractivity contribution in [2.75, 3.05) is 18.4 Å². The van der Waals surface area contributed by atoms with Crippen LogP contribution in [0.25, 0.3) is 10.2 Å². The number of likely N-dealkylation sites (tertiary alicyclic amines) is 1. The van der Waals surface area contributed by atoms with Crippen LogP contribution >= 0.6 is 11.3 Å². The molecule has 1 saturated carbocycles. The van der Waals surface area contributed by atoms with Crippen molar-refractivity contribution in [1.82, 2.24) is 15.2 Å². The molecule has 3 aromatic rings. The third kappa shape index (κ3) is 5.35. The van der Waals surface area contributed by atoms with Gasteiger partial charge in [0.25, 0.3) is 5.91 Å². The van der Waals surface area contributed by atoms with Crippen molar-refractivity contribution in [3.05, 3.63) is 47.2 Å². The van der Waals surface area contributed by atoms with Crippen LogP contribution in [0.1, 0.15) is 35.9 Å². The van der Waals surface area contributed by atoms with Crippen molar-refractivity contribution in [1.29, 1.82) is 0 Å². The van der Waals surface area contributed by atoms with Gasteiger partial charge in [-0.3, -0.25) is 14.6 Å². The number of thiophene rings is 1. The predicted octanol–water partition coefficient (Wildman–Crippen LogP) is 4.29. The van der Waals surface area contributed by atoms with E-state index in [1.165, 1.54) is 36.6 Å². The highest BCUT2D eigenvalue weighted by Crippen LogP contribution is 2.37. The number of urea groups is 1. The number of fused-ring (bicyclic) bond motifs is 1. The number of halogens is 1. The van der Waals surface area contributed by atoms with Crippen LogP contribution in [0.5, 0.6) is 11.5 Å². The first kappa shape index (κ1) is 23.0. The lowest BCUT2D eigenvalue weighted by atomic mass is 10.3. The maximum Gasteiger partial charge on any atom is 0.319 e. The molecule has 3 heterocycles. The molecule has 1 aliphatic heterocycles. The Morgan fingerprint density at radius 3 is 2.71 bits per heavy atom. The Morgan fingerprint density at radius 1 is 1.14 bits per heavy atom. The van der Waals surface area contributed by atoms with Gasteiger partial charge in [0.05, 0.1) is 21.6 Å². The molecule has 2 fully saturated rings. The minimum atomic E-state index is -0.638. The quantitative estimate of drug-likeness (QED) is 0.491. The molecule has 2 N–H and O–H groups in total. The lowest BCUT2D eigenvalue weighted by Gasteiger charge is -2.15. The molecule has 1 atom stereocenters. The Balaban J connectivity index is 1.30. The standard InChI is InChI=1S/C24H23FN4O5S/c1-13(30)33-16-7-9-29(12-16)23(31)21-11-18-22(35-21)20(6-8-26-18)34-19-5-4-15(10-17(19)25)28-24(32)27-14-2-3-14/h4-6,8,10-11,14,16H,2-3,7,9,12H2,1H3,(H2,27,28,32)/t16-/m1/s1. The van der Waals surface area contributed by atoms with E-state index in [-0.39, 0.29) is 35.8 Å². The van der Waals surface area contributed by atoms with Crippen molar-refractivity contribution < 1.29 is 28.2 Å². The molecule has 1 saturated heterocycles. The van der Waals surface area contributed by atoms with E-state index in [2.05, 4.69) is 15.6 Å². The summed E-state index contributed by atoms with van der Waals surface area (Å²) in [6, 6.07) is 7.29. The van der Waals surface area contributed by atoms with Gasteiger partial charge in [0.1, 0.15) is 11.9 Å². The predicted molar refractivity (Wildman–Crippen MR) is 127 cm³/mol. The van der Waals surface area contributed by atoms with E-state index in [9.17, 15) is 18.8 Å². The van der Waals surface area contributed by atoms with Gasteiger partial charge in [0, 0.05) is 49.9 Å². The van der Waals surface area contributed by atoms with E-state index < -0.39 is 5.82 Å². The number of amides is 3. The third-order valence-electron chi connectivity index (χ3n) is 5.67. The van der Waals surface area contributed by atoms with Crippen LogP contribution in [0, 0.1) is 5.82 Å². The zero-order valence-electron chi connectivity index (χ0n) is 18.9. The van der Waals surface area contributed by atoms with E-state index in [0.717, 1.165) is 12.8 Å². The minimum Gasteiger partial charge on any atom is -0.461 e. The number of pyridine rings is 1. The molecule has 1 aromatic carbocycles. The van der Waals surface area contributed by atoms with E-state index in [4.69, 9.17) is 9.47 Å². The Labute approximate surface area is 204 Å². The summed E-state index contributed by atoms with van der Waals surface area (Å²) in [5, 5.41) is 5.38. The van der Waals surface area contributed by atoms with Gasteiger partial charge >= 0.3 is 12.0 Å². The highest BCUT2D eigenvalue weighted by Gasteiger charge is 2.30. The van der Waals surface area contributed by atoms with Gasteiger partial charge in [-0.2, -0.15) is 0 Å². The Bertz CT molecular complexity index is 1310. The fourth-order valence-corrected chi connectivity index (χ4v) is 4.89. The molecule has 3 amide bonds. The smallest absolute Gasteiger partial charge is 0.319 e. The highest BCUT2D eigenvalue weighted by atomic mass is 32.1. The van der Waals surface area contributed by atoms with E-state index >= 15 is 0 Å². The molecule has 11 heteroatoms. The van der Waals surface area contributed by atoms with Crippen LogP contribution in [0.4, 0.5) is 14.9 Å². The summed E-state index contributed by atoms with van der Waals surface area (Å²) in [5.41, 5.74) is 0.872. The van der Waals surface area contributed by atoms with E-state index in [1.807, 2.05) is 0 Å². The van der Waals surface area contributed by atoms with Crippen molar-refractivity contribution in [2.24, 2.45) is 0 Å². The van der Waals surface area contributed by atoms with Gasteiger partial charge in [0.2, 0.25) is 0 Å².